The largest absolute Gasteiger partial charge is 0.339 e. The number of halogens is 2. The maximum Gasteiger partial charge on any atom is 0.244 e. The van der Waals surface area contributed by atoms with Crippen molar-refractivity contribution in [1.29, 1.82) is 0 Å². The van der Waals surface area contributed by atoms with E-state index in [1.165, 1.54) is 11.0 Å². The number of rotatable bonds is 4. The van der Waals surface area contributed by atoms with Gasteiger partial charge >= 0.3 is 0 Å². The fraction of sp³-hybridized carbons (Fsp3) is 0.400. The van der Waals surface area contributed by atoms with Gasteiger partial charge in [0.05, 0.1) is 16.5 Å². The molecule has 8 nitrogen and oxygen atoms in total. The maximum absolute atomic E-state index is 12.4. The van der Waals surface area contributed by atoms with Crippen LogP contribution < -0.4 is 0 Å². The van der Waals surface area contributed by atoms with Crippen LogP contribution in [0, 0.1) is 0 Å². The van der Waals surface area contributed by atoms with Crippen molar-refractivity contribution in [3.8, 4) is 0 Å². The predicted molar refractivity (Wildman–Crippen MR) is 91.1 cm³/mol. The van der Waals surface area contributed by atoms with Gasteiger partial charge in [0.2, 0.25) is 11.8 Å². The number of benzene rings is 1. The summed E-state index contributed by atoms with van der Waals surface area (Å²) in [6.45, 7) is 2.09. The molecule has 2 heterocycles. The molecule has 132 valence electrons. The first-order valence-electron chi connectivity index (χ1n) is 7.73. The van der Waals surface area contributed by atoms with Crippen molar-refractivity contribution in [3.63, 3.8) is 0 Å². The minimum atomic E-state index is -0.0658. The van der Waals surface area contributed by atoms with Crippen molar-refractivity contribution in [1.82, 2.24) is 30.0 Å². The van der Waals surface area contributed by atoms with Crippen molar-refractivity contribution in [2.45, 2.75) is 13.0 Å². The normalized spacial score (nSPS) is 14.6. The molecule has 25 heavy (non-hydrogen) atoms. The van der Waals surface area contributed by atoms with Crippen LogP contribution in [0.4, 0.5) is 0 Å². The predicted octanol–water partition coefficient (Wildman–Crippen LogP) is 0.893. The van der Waals surface area contributed by atoms with Crippen LogP contribution >= 0.6 is 23.2 Å². The molecule has 10 heteroatoms. The molecule has 0 aliphatic carbocycles. The molecule has 0 unspecified atom stereocenters. The van der Waals surface area contributed by atoms with Crippen LogP contribution in [0.1, 0.15) is 5.56 Å². The van der Waals surface area contributed by atoms with Crippen molar-refractivity contribution in [2.24, 2.45) is 0 Å². The summed E-state index contributed by atoms with van der Waals surface area (Å²) >= 11 is 11.9. The third-order valence-electron chi connectivity index (χ3n) is 4.01. The minimum Gasteiger partial charge on any atom is -0.339 e. The molecule has 0 radical (unpaired) electrons. The van der Waals surface area contributed by atoms with E-state index >= 15 is 0 Å². The third kappa shape index (κ3) is 4.46. The van der Waals surface area contributed by atoms with Crippen LogP contribution in [0.5, 0.6) is 0 Å². The molecule has 0 N–H and O–H groups in total. The summed E-state index contributed by atoms with van der Waals surface area (Å²) in [6.07, 6.45) is 1.66. The quantitative estimate of drug-likeness (QED) is 0.783. The summed E-state index contributed by atoms with van der Waals surface area (Å²) < 4.78 is 1.38. The Hall–Kier alpha value is -2.19. The fourth-order valence-corrected chi connectivity index (χ4v) is 2.95. The van der Waals surface area contributed by atoms with E-state index < -0.39 is 0 Å². The molecule has 0 bridgehead atoms. The van der Waals surface area contributed by atoms with Gasteiger partial charge in [0, 0.05) is 26.2 Å². The molecule has 1 aliphatic rings. The van der Waals surface area contributed by atoms with Crippen LogP contribution in [0.25, 0.3) is 0 Å². The van der Waals surface area contributed by atoms with Gasteiger partial charge in [0.25, 0.3) is 0 Å². The van der Waals surface area contributed by atoms with Crippen molar-refractivity contribution >= 4 is 35.0 Å². The Balaban J connectivity index is 1.50. The summed E-state index contributed by atoms with van der Waals surface area (Å²) in [4.78, 5) is 28.1. The Bertz CT molecular complexity index is 759. The van der Waals surface area contributed by atoms with Crippen LogP contribution in [-0.2, 0) is 22.6 Å². The molecule has 1 aromatic heterocycles. The molecule has 1 fully saturated rings. The third-order valence-corrected chi connectivity index (χ3v) is 4.75. The summed E-state index contributed by atoms with van der Waals surface area (Å²) in [5, 5.41) is 11.6. The van der Waals surface area contributed by atoms with Crippen molar-refractivity contribution < 1.29 is 9.59 Å². The van der Waals surface area contributed by atoms with E-state index in [9.17, 15) is 9.59 Å². The lowest BCUT2D eigenvalue weighted by molar-refractivity contribution is -0.139. The van der Waals surface area contributed by atoms with Crippen molar-refractivity contribution in [3.05, 3.63) is 40.1 Å². The van der Waals surface area contributed by atoms with Gasteiger partial charge in [0.1, 0.15) is 12.9 Å². The summed E-state index contributed by atoms with van der Waals surface area (Å²) in [5.41, 5.74) is 0.816. The van der Waals surface area contributed by atoms with E-state index in [-0.39, 0.29) is 24.8 Å². The van der Waals surface area contributed by atoms with Gasteiger partial charge < -0.3 is 9.80 Å². The minimum absolute atomic E-state index is 0.00552. The highest BCUT2D eigenvalue weighted by molar-refractivity contribution is 6.42. The lowest BCUT2D eigenvalue weighted by atomic mass is 10.1. The molecular formula is C15H16Cl2N6O2. The number of tetrazole rings is 1. The number of amides is 2. The zero-order valence-corrected chi connectivity index (χ0v) is 14.8. The van der Waals surface area contributed by atoms with E-state index in [2.05, 4.69) is 15.5 Å². The average molecular weight is 383 g/mol. The number of carbonyl (C=O) groups excluding carboxylic acids is 2. The molecule has 0 saturated carbocycles. The highest BCUT2D eigenvalue weighted by Gasteiger charge is 2.24. The van der Waals surface area contributed by atoms with E-state index in [1.807, 2.05) is 0 Å². The van der Waals surface area contributed by atoms with Gasteiger partial charge in [-0.15, -0.1) is 5.10 Å². The Kier molecular flexibility index (Phi) is 5.50. The topological polar surface area (TPSA) is 84.2 Å². The number of hydrogen-bond acceptors (Lipinski definition) is 5. The maximum atomic E-state index is 12.4. The molecule has 1 aromatic carbocycles. The second kappa shape index (κ2) is 7.79. The van der Waals surface area contributed by atoms with Gasteiger partial charge in [-0.3, -0.25) is 9.59 Å². The van der Waals surface area contributed by atoms with Gasteiger partial charge in [0.15, 0.2) is 0 Å². The average Bonchev–Trinajstić information content (AvgIpc) is 3.11. The van der Waals surface area contributed by atoms with Crippen molar-refractivity contribution in [2.75, 3.05) is 26.2 Å². The molecule has 2 aromatic rings. The van der Waals surface area contributed by atoms with E-state index in [4.69, 9.17) is 23.2 Å². The standard InChI is InChI=1S/C15H16Cl2N6O2/c16-12-2-1-11(7-13(12)17)8-14(24)21-3-5-22(6-4-21)15(25)9-23-10-18-19-20-23/h1-2,7,10H,3-6,8-9H2. The second-order valence-electron chi connectivity index (χ2n) is 5.69. The lowest BCUT2D eigenvalue weighted by Gasteiger charge is -2.34. The zero-order chi connectivity index (χ0) is 17.8. The number of aromatic nitrogens is 4. The van der Waals surface area contributed by atoms with Gasteiger partial charge in [-0.2, -0.15) is 0 Å². The molecule has 0 atom stereocenters. The SMILES string of the molecule is O=C(Cc1ccc(Cl)c(Cl)c1)N1CCN(C(=O)Cn2cnnn2)CC1. The first kappa shape index (κ1) is 17.6. The zero-order valence-electron chi connectivity index (χ0n) is 13.3. The Morgan fingerprint density at radius 1 is 1.00 bits per heavy atom. The van der Waals surface area contributed by atoms with Crippen LogP contribution in [0.3, 0.4) is 0 Å². The molecule has 3 rings (SSSR count). The number of carbonyl (C=O) groups is 2. The molecule has 1 aliphatic heterocycles. The summed E-state index contributed by atoms with van der Waals surface area (Å²) in [7, 11) is 0. The van der Waals surface area contributed by atoms with Crippen LogP contribution in [0.15, 0.2) is 24.5 Å². The fourth-order valence-electron chi connectivity index (χ4n) is 2.63. The molecular weight excluding hydrogens is 367 g/mol. The van der Waals surface area contributed by atoms with Crippen LogP contribution in [-0.4, -0.2) is 68.0 Å². The number of hydrogen-bond donors (Lipinski definition) is 0. The number of nitrogens with zero attached hydrogens (tertiary/aromatic N) is 6. The highest BCUT2D eigenvalue weighted by atomic mass is 35.5. The van der Waals surface area contributed by atoms with E-state index in [0.29, 0.717) is 36.2 Å². The molecule has 1 saturated heterocycles. The second-order valence-corrected chi connectivity index (χ2v) is 6.51. The van der Waals surface area contributed by atoms with E-state index in [1.54, 1.807) is 28.0 Å². The molecule has 2 amide bonds. The first-order valence-corrected chi connectivity index (χ1v) is 8.49. The lowest BCUT2D eigenvalue weighted by Crippen LogP contribution is -2.51. The Labute approximate surface area is 154 Å². The number of piperazine rings is 1. The van der Waals surface area contributed by atoms with Gasteiger partial charge in [-0.05, 0) is 28.1 Å². The van der Waals surface area contributed by atoms with Gasteiger partial charge in [-0.1, -0.05) is 29.3 Å². The first-order chi connectivity index (χ1) is 12.0. The summed E-state index contributed by atoms with van der Waals surface area (Å²) in [5.74, 6) is -0.0603. The van der Waals surface area contributed by atoms with E-state index in [0.717, 1.165) is 5.56 Å². The smallest absolute Gasteiger partial charge is 0.244 e. The monoisotopic (exact) mass is 382 g/mol. The van der Waals surface area contributed by atoms with Gasteiger partial charge in [-0.25, -0.2) is 4.68 Å². The molecule has 0 spiro atoms. The van der Waals surface area contributed by atoms with Crippen LogP contribution in [0.2, 0.25) is 10.0 Å². The Morgan fingerprint density at radius 2 is 1.68 bits per heavy atom. The highest BCUT2D eigenvalue weighted by Crippen LogP contribution is 2.23. The Morgan fingerprint density at radius 3 is 2.28 bits per heavy atom. The summed E-state index contributed by atoms with van der Waals surface area (Å²) in [6, 6.07) is 5.17.